The summed E-state index contributed by atoms with van der Waals surface area (Å²) in [6.45, 7) is 1.74. The Kier molecular flexibility index (Phi) is 8.15. The lowest BCUT2D eigenvalue weighted by atomic mass is 9.85. The van der Waals surface area contributed by atoms with E-state index < -0.39 is 5.54 Å². The fraction of sp³-hybridized carbons (Fsp3) is 0.364. The van der Waals surface area contributed by atoms with Crippen LogP contribution in [0.25, 0.3) is 0 Å². The maximum Gasteiger partial charge on any atom is 0.250 e. The van der Waals surface area contributed by atoms with Crippen LogP contribution in [-0.2, 0) is 20.8 Å². The minimum absolute atomic E-state index is 0.0221. The molecule has 42 heavy (non-hydrogen) atoms. The van der Waals surface area contributed by atoms with Crippen molar-refractivity contribution < 1.29 is 14.4 Å². The zero-order chi connectivity index (χ0) is 29.3. The third-order valence-corrected chi connectivity index (χ3v) is 9.47. The Bertz CT molecular complexity index is 1460. The van der Waals surface area contributed by atoms with E-state index in [9.17, 15) is 14.4 Å². The second-order valence-corrected chi connectivity index (χ2v) is 12.3. The highest BCUT2D eigenvalue weighted by atomic mass is 35.5. The molecule has 2 aliphatic heterocycles. The van der Waals surface area contributed by atoms with E-state index in [1.807, 2.05) is 59.5 Å². The van der Waals surface area contributed by atoms with Gasteiger partial charge < -0.3 is 20.0 Å². The number of nitrogens with one attached hydrogen (secondary N) is 1. The van der Waals surface area contributed by atoms with Gasteiger partial charge in [0.2, 0.25) is 11.8 Å². The molecule has 0 bridgehead atoms. The molecule has 218 valence electrons. The molecular weight excluding hydrogens is 571 g/mol. The zero-order valence-corrected chi connectivity index (χ0v) is 24.9. The molecule has 3 aromatic rings. The summed E-state index contributed by atoms with van der Waals surface area (Å²) >= 11 is 12.2. The number of amides is 3. The van der Waals surface area contributed by atoms with Crippen LogP contribution in [0.2, 0.25) is 10.0 Å². The van der Waals surface area contributed by atoms with Crippen molar-refractivity contribution in [3.8, 4) is 0 Å². The minimum Gasteiger partial charge on any atom is -0.354 e. The van der Waals surface area contributed by atoms with Gasteiger partial charge in [-0.3, -0.25) is 14.4 Å². The van der Waals surface area contributed by atoms with Crippen molar-refractivity contribution in [1.82, 2.24) is 15.1 Å². The quantitative estimate of drug-likeness (QED) is 0.387. The van der Waals surface area contributed by atoms with Gasteiger partial charge in [-0.05, 0) is 67.0 Å². The number of carbonyl (C=O) groups excluding carboxylic acids is 3. The summed E-state index contributed by atoms with van der Waals surface area (Å²) in [7, 11) is 0. The minimum atomic E-state index is -0.780. The van der Waals surface area contributed by atoms with E-state index in [0.717, 1.165) is 17.7 Å². The largest absolute Gasteiger partial charge is 0.354 e. The van der Waals surface area contributed by atoms with Crippen LogP contribution in [-0.4, -0.2) is 65.9 Å². The molecule has 0 radical (unpaired) electrons. The molecule has 2 atom stereocenters. The Labute approximate surface area is 256 Å². The second-order valence-electron chi connectivity index (χ2n) is 11.5. The molecule has 0 aromatic heterocycles. The van der Waals surface area contributed by atoms with Crippen LogP contribution in [0.1, 0.15) is 36.3 Å². The van der Waals surface area contributed by atoms with Gasteiger partial charge in [0.05, 0.1) is 6.67 Å². The highest BCUT2D eigenvalue weighted by Gasteiger charge is 2.55. The van der Waals surface area contributed by atoms with Crippen LogP contribution in [0.4, 0.5) is 5.69 Å². The van der Waals surface area contributed by atoms with Gasteiger partial charge in [-0.2, -0.15) is 0 Å². The van der Waals surface area contributed by atoms with Gasteiger partial charge in [-0.1, -0.05) is 77.8 Å². The summed E-state index contributed by atoms with van der Waals surface area (Å²) in [4.78, 5) is 46.0. The van der Waals surface area contributed by atoms with Crippen LogP contribution >= 0.6 is 23.2 Å². The van der Waals surface area contributed by atoms with Crippen molar-refractivity contribution in [2.75, 3.05) is 37.7 Å². The number of benzene rings is 3. The predicted octanol–water partition coefficient (Wildman–Crippen LogP) is 5.12. The maximum atomic E-state index is 14.0. The molecule has 7 nitrogen and oxygen atoms in total. The van der Waals surface area contributed by atoms with E-state index in [-0.39, 0.29) is 36.1 Å². The van der Waals surface area contributed by atoms with Gasteiger partial charge in [0.25, 0.3) is 5.91 Å². The van der Waals surface area contributed by atoms with E-state index in [1.54, 1.807) is 17.0 Å². The lowest BCUT2D eigenvalue weighted by Crippen LogP contribution is -2.57. The monoisotopic (exact) mass is 604 g/mol. The average Bonchev–Trinajstić information content (AvgIpc) is 3.77. The van der Waals surface area contributed by atoms with E-state index in [0.29, 0.717) is 55.6 Å². The molecule has 6 rings (SSSR count). The predicted molar refractivity (Wildman–Crippen MR) is 165 cm³/mol. The van der Waals surface area contributed by atoms with Crippen LogP contribution in [0.15, 0.2) is 78.9 Å². The number of nitrogens with zero attached hydrogens (tertiary/aromatic N) is 3. The van der Waals surface area contributed by atoms with Gasteiger partial charge in [-0.25, -0.2) is 0 Å². The molecule has 1 aliphatic carbocycles. The van der Waals surface area contributed by atoms with E-state index in [1.165, 1.54) is 5.56 Å². The third kappa shape index (κ3) is 5.72. The van der Waals surface area contributed by atoms with Gasteiger partial charge in [0.1, 0.15) is 12.1 Å². The summed E-state index contributed by atoms with van der Waals surface area (Å²) in [5.41, 5.74) is 2.28. The summed E-state index contributed by atoms with van der Waals surface area (Å²) < 4.78 is 0. The SMILES string of the molecule is O=C(CN1CN(c2ccccc2)C2(CCN(C(=O)C3CC3c3ccccc3)CC2)C1=O)NCCc1ccc(Cl)cc1Cl. The van der Waals surface area contributed by atoms with E-state index in [4.69, 9.17) is 23.2 Å². The normalized spacial score (nSPS) is 21.1. The number of rotatable bonds is 8. The molecule has 1 N–H and O–H groups in total. The van der Waals surface area contributed by atoms with Crippen molar-refractivity contribution in [3.05, 3.63) is 100 Å². The molecule has 1 saturated carbocycles. The average molecular weight is 606 g/mol. The molecule has 9 heteroatoms. The van der Waals surface area contributed by atoms with Gasteiger partial charge >= 0.3 is 0 Å². The lowest BCUT2D eigenvalue weighted by Gasteiger charge is -2.43. The number of hydrogen-bond acceptors (Lipinski definition) is 4. The van der Waals surface area contributed by atoms with Crippen LogP contribution in [0.3, 0.4) is 0 Å². The Morgan fingerprint density at radius 2 is 1.62 bits per heavy atom. The van der Waals surface area contributed by atoms with E-state index in [2.05, 4.69) is 22.3 Å². The molecule has 2 saturated heterocycles. The lowest BCUT2D eigenvalue weighted by molar-refractivity contribution is -0.140. The molecule has 3 aromatic carbocycles. The standard InChI is InChI=1S/C33H34Cl2N4O3/c34-25-12-11-24(29(35)19-25)13-16-36-30(40)21-38-22-39(26-9-5-2-6-10-26)33(32(38)42)14-17-37(18-15-33)31(41)28-20-27(28)23-7-3-1-4-8-23/h1-12,19,27-28H,13-18,20-22H2,(H,36,40). The Morgan fingerprint density at radius 3 is 2.31 bits per heavy atom. The van der Waals surface area contributed by atoms with Crippen molar-refractivity contribution in [1.29, 1.82) is 0 Å². The van der Waals surface area contributed by atoms with E-state index >= 15 is 0 Å². The summed E-state index contributed by atoms with van der Waals surface area (Å²) in [6.07, 6.45) is 2.50. The fourth-order valence-electron chi connectivity index (χ4n) is 6.48. The zero-order valence-electron chi connectivity index (χ0n) is 23.3. The maximum absolute atomic E-state index is 14.0. The van der Waals surface area contributed by atoms with Crippen molar-refractivity contribution in [3.63, 3.8) is 0 Å². The van der Waals surface area contributed by atoms with Crippen molar-refractivity contribution in [2.24, 2.45) is 5.92 Å². The fourth-order valence-corrected chi connectivity index (χ4v) is 6.98. The highest BCUT2D eigenvalue weighted by Crippen LogP contribution is 2.49. The second kappa shape index (κ2) is 12.0. The first-order valence-corrected chi connectivity index (χ1v) is 15.3. The van der Waals surface area contributed by atoms with Crippen LogP contribution in [0.5, 0.6) is 0 Å². The van der Waals surface area contributed by atoms with Crippen molar-refractivity contribution in [2.45, 2.75) is 37.1 Å². The number of anilines is 1. The van der Waals surface area contributed by atoms with Gasteiger partial charge in [-0.15, -0.1) is 0 Å². The van der Waals surface area contributed by atoms with Gasteiger partial charge in [0.15, 0.2) is 0 Å². The molecule has 3 amide bonds. The van der Waals surface area contributed by atoms with Crippen LogP contribution < -0.4 is 10.2 Å². The Hall–Kier alpha value is -3.55. The Balaban J connectivity index is 1.10. The molecule has 3 fully saturated rings. The van der Waals surface area contributed by atoms with Crippen LogP contribution in [0, 0.1) is 5.92 Å². The van der Waals surface area contributed by atoms with Gasteiger partial charge in [0, 0.05) is 41.3 Å². The summed E-state index contributed by atoms with van der Waals surface area (Å²) in [6, 6.07) is 25.4. The molecule has 2 unspecified atom stereocenters. The van der Waals surface area contributed by atoms with Crippen molar-refractivity contribution >= 4 is 46.6 Å². The third-order valence-electron chi connectivity index (χ3n) is 8.89. The number of halogens is 2. The molecule has 2 heterocycles. The smallest absolute Gasteiger partial charge is 0.250 e. The highest BCUT2D eigenvalue weighted by molar-refractivity contribution is 6.35. The Morgan fingerprint density at radius 1 is 0.929 bits per heavy atom. The number of carbonyl (C=O) groups is 3. The number of para-hydroxylation sites is 1. The first-order valence-electron chi connectivity index (χ1n) is 14.5. The molecular formula is C33H34Cl2N4O3. The number of likely N-dealkylation sites (tertiary alicyclic amines) is 1. The first kappa shape index (κ1) is 28.6. The summed E-state index contributed by atoms with van der Waals surface area (Å²) in [5.74, 6) is 0.226. The molecule has 1 spiro atoms. The molecule has 3 aliphatic rings. The topological polar surface area (TPSA) is 73.0 Å². The number of hydrogen-bond donors (Lipinski definition) is 1. The first-order chi connectivity index (χ1) is 20.4. The summed E-state index contributed by atoms with van der Waals surface area (Å²) in [5, 5.41) is 4.06. The number of piperidine rings is 1.